The Morgan fingerprint density at radius 3 is 2.42 bits per heavy atom. The van der Waals surface area contributed by atoms with Crippen LogP contribution < -0.4 is 14.8 Å². The van der Waals surface area contributed by atoms with Gasteiger partial charge in [-0.25, -0.2) is 0 Å². The van der Waals surface area contributed by atoms with Gasteiger partial charge in [0, 0.05) is 49.4 Å². The monoisotopic (exact) mass is 507 g/mol. The van der Waals surface area contributed by atoms with Gasteiger partial charge in [-0.05, 0) is 60.2 Å². The maximum absolute atomic E-state index is 12.5. The Morgan fingerprint density at radius 2 is 1.63 bits per heavy atom. The Bertz CT molecular complexity index is 1370. The molecule has 0 spiro atoms. The molecule has 0 saturated carbocycles. The molecule has 5 rings (SSSR count). The molecule has 7 heteroatoms. The molecule has 0 bridgehead atoms. The standard InChI is InChI=1S/C31H29N3O4/c35-31(10-5-17-34-18-20-36-21-19-34)33-25-7-4-6-24(22-25)29-23-32-16-15-30(29)38-28-13-11-27(12-14-28)37-26-8-2-1-3-9-26/h1-16,22-23H,17-21H2,(H,33,35)/b10-5+. The van der Waals surface area contributed by atoms with Crippen molar-refractivity contribution < 1.29 is 19.0 Å². The van der Waals surface area contributed by atoms with E-state index in [9.17, 15) is 4.79 Å². The number of pyridine rings is 1. The Kier molecular flexibility index (Phi) is 8.40. The second kappa shape index (κ2) is 12.7. The number of rotatable bonds is 9. The van der Waals surface area contributed by atoms with Crippen LogP contribution in [0.5, 0.6) is 23.0 Å². The molecule has 7 nitrogen and oxygen atoms in total. The molecule has 1 N–H and O–H groups in total. The number of nitrogens with zero attached hydrogens (tertiary/aromatic N) is 2. The molecule has 0 aliphatic carbocycles. The molecule has 1 fully saturated rings. The number of benzene rings is 3. The number of hydrogen-bond donors (Lipinski definition) is 1. The third-order valence-electron chi connectivity index (χ3n) is 5.99. The molecule has 0 radical (unpaired) electrons. The molecule has 1 saturated heterocycles. The van der Waals surface area contributed by atoms with E-state index in [1.165, 1.54) is 0 Å². The molecular weight excluding hydrogens is 478 g/mol. The fourth-order valence-corrected chi connectivity index (χ4v) is 4.06. The van der Waals surface area contributed by atoms with Crippen molar-refractivity contribution in [2.24, 2.45) is 0 Å². The van der Waals surface area contributed by atoms with Gasteiger partial charge in [0.2, 0.25) is 5.91 Å². The highest BCUT2D eigenvalue weighted by atomic mass is 16.5. The van der Waals surface area contributed by atoms with Crippen LogP contribution in [-0.4, -0.2) is 48.6 Å². The van der Waals surface area contributed by atoms with Gasteiger partial charge in [-0.2, -0.15) is 0 Å². The molecular formula is C31H29N3O4. The van der Waals surface area contributed by atoms with Crippen LogP contribution in [0, 0.1) is 0 Å². The number of aromatic nitrogens is 1. The van der Waals surface area contributed by atoms with Gasteiger partial charge >= 0.3 is 0 Å². The zero-order valence-electron chi connectivity index (χ0n) is 21.0. The van der Waals surface area contributed by atoms with Crippen molar-refractivity contribution in [1.29, 1.82) is 0 Å². The highest BCUT2D eigenvalue weighted by Crippen LogP contribution is 2.34. The lowest BCUT2D eigenvalue weighted by Crippen LogP contribution is -2.36. The van der Waals surface area contributed by atoms with Crippen LogP contribution in [0.3, 0.4) is 0 Å². The van der Waals surface area contributed by atoms with Crippen molar-refractivity contribution >= 4 is 11.6 Å². The summed E-state index contributed by atoms with van der Waals surface area (Å²) in [4.78, 5) is 19.0. The number of hydrogen-bond acceptors (Lipinski definition) is 6. The van der Waals surface area contributed by atoms with Crippen LogP contribution >= 0.6 is 0 Å². The van der Waals surface area contributed by atoms with Crippen LogP contribution in [0.25, 0.3) is 11.1 Å². The first-order valence-corrected chi connectivity index (χ1v) is 12.6. The van der Waals surface area contributed by atoms with Crippen LogP contribution in [-0.2, 0) is 9.53 Å². The van der Waals surface area contributed by atoms with Crippen LogP contribution in [0.15, 0.2) is 109 Å². The number of para-hydroxylation sites is 1. The summed E-state index contributed by atoms with van der Waals surface area (Å²) in [6.45, 7) is 3.97. The van der Waals surface area contributed by atoms with E-state index in [1.54, 1.807) is 18.5 Å². The van der Waals surface area contributed by atoms with Crippen LogP contribution in [0.4, 0.5) is 5.69 Å². The van der Waals surface area contributed by atoms with E-state index >= 15 is 0 Å². The molecule has 1 aliphatic heterocycles. The third kappa shape index (κ3) is 7.06. The van der Waals surface area contributed by atoms with Crippen molar-refractivity contribution in [3.63, 3.8) is 0 Å². The van der Waals surface area contributed by atoms with Gasteiger partial charge in [0.25, 0.3) is 0 Å². The fraction of sp³-hybridized carbons (Fsp3) is 0.161. The average molecular weight is 508 g/mol. The largest absolute Gasteiger partial charge is 0.457 e. The fourth-order valence-electron chi connectivity index (χ4n) is 4.06. The summed E-state index contributed by atoms with van der Waals surface area (Å²) in [5, 5.41) is 2.94. The number of amides is 1. The van der Waals surface area contributed by atoms with E-state index in [0.717, 1.165) is 55.5 Å². The minimum Gasteiger partial charge on any atom is -0.457 e. The minimum atomic E-state index is -0.170. The van der Waals surface area contributed by atoms with Crippen molar-refractivity contribution in [1.82, 2.24) is 9.88 Å². The van der Waals surface area contributed by atoms with Gasteiger partial charge < -0.3 is 19.5 Å². The van der Waals surface area contributed by atoms with E-state index in [-0.39, 0.29) is 5.91 Å². The summed E-state index contributed by atoms with van der Waals surface area (Å²) in [6, 6.07) is 26.5. The van der Waals surface area contributed by atoms with E-state index in [1.807, 2.05) is 91.0 Å². The quantitative estimate of drug-likeness (QED) is 0.274. The highest BCUT2D eigenvalue weighted by molar-refractivity contribution is 5.99. The Labute approximate surface area is 222 Å². The zero-order chi connectivity index (χ0) is 26.0. The molecule has 1 aliphatic rings. The summed E-state index contributed by atoms with van der Waals surface area (Å²) >= 11 is 0. The first kappa shape index (κ1) is 25.2. The summed E-state index contributed by atoms with van der Waals surface area (Å²) in [7, 11) is 0. The number of anilines is 1. The SMILES string of the molecule is O=C(/C=C/CN1CCOCC1)Nc1cccc(-c2cnccc2Oc2ccc(Oc3ccccc3)cc2)c1. The molecule has 2 heterocycles. The normalized spacial score (nSPS) is 13.8. The van der Waals surface area contributed by atoms with Gasteiger partial charge in [0.05, 0.1) is 13.2 Å². The lowest BCUT2D eigenvalue weighted by molar-refractivity contribution is -0.111. The molecule has 0 atom stereocenters. The predicted molar refractivity (Wildman–Crippen MR) is 148 cm³/mol. The lowest BCUT2D eigenvalue weighted by Gasteiger charge is -2.25. The molecule has 0 unspecified atom stereocenters. The predicted octanol–water partition coefficient (Wildman–Crippen LogP) is 6.16. The number of carbonyl (C=O) groups excluding carboxylic acids is 1. The topological polar surface area (TPSA) is 72.9 Å². The number of morpholine rings is 1. The highest BCUT2D eigenvalue weighted by Gasteiger charge is 2.11. The second-order valence-electron chi connectivity index (χ2n) is 8.75. The number of ether oxygens (including phenoxy) is 3. The molecule has 38 heavy (non-hydrogen) atoms. The number of carbonyl (C=O) groups is 1. The molecule has 192 valence electrons. The zero-order valence-corrected chi connectivity index (χ0v) is 21.0. The third-order valence-corrected chi connectivity index (χ3v) is 5.99. The van der Waals surface area contributed by atoms with Gasteiger partial charge in [-0.15, -0.1) is 0 Å². The van der Waals surface area contributed by atoms with Crippen LogP contribution in [0.2, 0.25) is 0 Å². The average Bonchev–Trinajstić information content (AvgIpc) is 2.96. The minimum absolute atomic E-state index is 0.170. The smallest absolute Gasteiger partial charge is 0.248 e. The molecule has 1 amide bonds. The van der Waals surface area contributed by atoms with Crippen molar-refractivity contribution in [3.05, 3.63) is 109 Å². The van der Waals surface area contributed by atoms with E-state index in [4.69, 9.17) is 14.2 Å². The Morgan fingerprint density at radius 1 is 0.895 bits per heavy atom. The van der Waals surface area contributed by atoms with Crippen molar-refractivity contribution in [3.8, 4) is 34.1 Å². The summed E-state index contributed by atoms with van der Waals surface area (Å²) in [5.74, 6) is 2.66. The van der Waals surface area contributed by atoms with Gasteiger partial charge in [0.1, 0.15) is 23.0 Å². The summed E-state index contributed by atoms with van der Waals surface area (Å²) in [5.41, 5.74) is 2.39. The summed E-state index contributed by atoms with van der Waals surface area (Å²) in [6.07, 6.45) is 6.90. The molecule has 4 aromatic rings. The van der Waals surface area contributed by atoms with Gasteiger partial charge in [-0.3, -0.25) is 14.7 Å². The van der Waals surface area contributed by atoms with Crippen molar-refractivity contribution in [2.75, 3.05) is 38.2 Å². The Balaban J connectivity index is 1.23. The lowest BCUT2D eigenvalue weighted by atomic mass is 10.1. The second-order valence-corrected chi connectivity index (χ2v) is 8.75. The maximum Gasteiger partial charge on any atom is 0.248 e. The van der Waals surface area contributed by atoms with Crippen molar-refractivity contribution in [2.45, 2.75) is 0 Å². The van der Waals surface area contributed by atoms with E-state index in [0.29, 0.717) is 17.2 Å². The maximum atomic E-state index is 12.5. The first-order valence-electron chi connectivity index (χ1n) is 12.6. The van der Waals surface area contributed by atoms with E-state index < -0.39 is 0 Å². The molecule has 3 aromatic carbocycles. The molecule has 1 aromatic heterocycles. The summed E-state index contributed by atoms with van der Waals surface area (Å²) < 4.78 is 17.4. The first-order chi connectivity index (χ1) is 18.7. The van der Waals surface area contributed by atoms with Gasteiger partial charge in [0.15, 0.2) is 0 Å². The van der Waals surface area contributed by atoms with Crippen LogP contribution in [0.1, 0.15) is 0 Å². The van der Waals surface area contributed by atoms with Gasteiger partial charge in [-0.1, -0.05) is 36.4 Å². The van der Waals surface area contributed by atoms with E-state index in [2.05, 4.69) is 15.2 Å². The number of nitrogens with one attached hydrogen (secondary N) is 1. The Hall–Kier alpha value is -4.46.